The first-order valence-corrected chi connectivity index (χ1v) is 8.97. The number of thiophene rings is 1. The van der Waals surface area contributed by atoms with Crippen LogP contribution in [-0.4, -0.2) is 42.3 Å². The van der Waals surface area contributed by atoms with Crippen LogP contribution < -0.4 is 5.32 Å². The van der Waals surface area contributed by atoms with Gasteiger partial charge in [0, 0.05) is 30.6 Å². The molecule has 4 heteroatoms. The normalized spacial score (nSPS) is 21.8. The summed E-state index contributed by atoms with van der Waals surface area (Å²) in [7, 11) is 0. The minimum absolute atomic E-state index is 0.220. The van der Waals surface area contributed by atoms with E-state index in [-0.39, 0.29) is 6.61 Å². The third-order valence-corrected chi connectivity index (χ3v) is 5.86. The van der Waals surface area contributed by atoms with Crippen LogP contribution in [0.2, 0.25) is 0 Å². The number of benzene rings is 1. The molecule has 1 aromatic carbocycles. The number of hydrogen-bond acceptors (Lipinski definition) is 4. The second kappa shape index (κ2) is 6.13. The lowest BCUT2D eigenvalue weighted by Gasteiger charge is -2.45. The van der Waals surface area contributed by atoms with Gasteiger partial charge in [0.2, 0.25) is 0 Å². The summed E-state index contributed by atoms with van der Waals surface area (Å²) in [5.41, 5.74) is 4.50. The lowest BCUT2D eigenvalue weighted by atomic mass is 9.92. The zero-order valence-corrected chi connectivity index (χ0v) is 13.5. The maximum atomic E-state index is 8.94. The lowest BCUT2D eigenvalue weighted by molar-refractivity contribution is 0.0898. The van der Waals surface area contributed by atoms with Crippen molar-refractivity contribution in [1.82, 2.24) is 10.2 Å². The smallest absolute Gasteiger partial charge is 0.0616 e. The van der Waals surface area contributed by atoms with Crippen LogP contribution in [0.4, 0.5) is 0 Å². The molecule has 4 rings (SSSR count). The average molecular weight is 314 g/mol. The fourth-order valence-electron chi connectivity index (χ4n) is 3.76. The maximum absolute atomic E-state index is 8.94. The summed E-state index contributed by atoms with van der Waals surface area (Å²) in [6.45, 7) is 3.05. The molecule has 2 aliphatic rings. The molecule has 1 unspecified atom stereocenters. The van der Waals surface area contributed by atoms with Crippen molar-refractivity contribution in [2.45, 2.75) is 24.9 Å². The van der Waals surface area contributed by atoms with Gasteiger partial charge in [-0.2, -0.15) is 0 Å². The molecule has 2 aromatic rings. The molecule has 1 saturated heterocycles. The molecule has 2 heterocycles. The summed E-state index contributed by atoms with van der Waals surface area (Å²) in [5, 5.41) is 14.6. The highest BCUT2D eigenvalue weighted by Gasteiger charge is 2.36. The third-order valence-electron chi connectivity index (χ3n) is 4.87. The fourth-order valence-corrected chi connectivity index (χ4v) is 4.67. The van der Waals surface area contributed by atoms with E-state index in [0.29, 0.717) is 18.6 Å². The first-order valence-electron chi connectivity index (χ1n) is 8.09. The molecule has 3 nitrogen and oxygen atoms in total. The summed E-state index contributed by atoms with van der Waals surface area (Å²) < 4.78 is 0. The number of nitrogens with one attached hydrogen (secondary N) is 1. The van der Waals surface area contributed by atoms with Crippen molar-refractivity contribution < 1.29 is 5.11 Å². The molecule has 0 amide bonds. The van der Waals surface area contributed by atoms with Crippen molar-refractivity contribution in [2.24, 2.45) is 0 Å². The van der Waals surface area contributed by atoms with Crippen molar-refractivity contribution in [3.05, 3.63) is 57.3 Å². The zero-order chi connectivity index (χ0) is 14.9. The SMILES string of the molecule is OCCNC1CN(C2c3ccccc3CCc3sccc32)C1. The summed E-state index contributed by atoms with van der Waals surface area (Å²) >= 11 is 1.90. The highest BCUT2D eigenvalue weighted by molar-refractivity contribution is 7.10. The molecule has 1 aliphatic heterocycles. The number of aliphatic hydroxyl groups excluding tert-OH is 1. The molecule has 2 N–H and O–H groups in total. The Kier molecular flexibility index (Phi) is 4.01. The standard InChI is InChI=1S/C18H22N2OS/c21-9-8-19-14-11-20(12-14)18-15-4-2-1-3-13(15)5-6-17-16(18)7-10-22-17/h1-4,7,10,14,18-19,21H,5-6,8-9,11-12H2. The topological polar surface area (TPSA) is 35.5 Å². The van der Waals surface area contributed by atoms with Crippen molar-refractivity contribution in [3.63, 3.8) is 0 Å². The highest BCUT2D eigenvalue weighted by Crippen LogP contribution is 2.40. The van der Waals surface area contributed by atoms with Gasteiger partial charge in [0.25, 0.3) is 0 Å². The summed E-state index contributed by atoms with van der Waals surface area (Å²) in [6.07, 6.45) is 2.32. The Morgan fingerprint density at radius 3 is 2.86 bits per heavy atom. The summed E-state index contributed by atoms with van der Waals surface area (Å²) in [5.74, 6) is 0. The molecule has 116 valence electrons. The van der Waals surface area contributed by atoms with Crippen LogP contribution in [0.1, 0.15) is 27.6 Å². The van der Waals surface area contributed by atoms with Gasteiger partial charge in [0.15, 0.2) is 0 Å². The predicted octanol–water partition coefficient (Wildman–Crippen LogP) is 2.20. The monoisotopic (exact) mass is 314 g/mol. The molecule has 0 spiro atoms. The fraction of sp³-hybridized carbons (Fsp3) is 0.444. The van der Waals surface area contributed by atoms with Crippen molar-refractivity contribution in [1.29, 1.82) is 0 Å². The molecular weight excluding hydrogens is 292 g/mol. The van der Waals surface area contributed by atoms with Crippen LogP contribution in [0, 0.1) is 0 Å². The van der Waals surface area contributed by atoms with Crippen LogP contribution >= 0.6 is 11.3 Å². The lowest BCUT2D eigenvalue weighted by Crippen LogP contribution is -2.59. The van der Waals surface area contributed by atoms with E-state index in [1.807, 2.05) is 11.3 Å². The van der Waals surface area contributed by atoms with Crippen LogP contribution in [0.5, 0.6) is 0 Å². The first kappa shape index (κ1) is 14.4. The van der Waals surface area contributed by atoms with E-state index < -0.39 is 0 Å². The van der Waals surface area contributed by atoms with E-state index in [0.717, 1.165) is 19.5 Å². The third kappa shape index (κ3) is 2.50. The molecule has 1 aromatic heterocycles. The number of rotatable bonds is 4. The van der Waals surface area contributed by atoms with Gasteiger partial charge >= 0.3 is 0 Å². The van der Waals surface area contributed by atoms with Gasteiger partial charge in [-0.1, -0.05) is 24.3 Å². The number of hydrogen-bond donors (Lipinski definition) is 2. The van der Waals surface area contributed by atoms with Crippen molar-refractivity contribution in [3.8, 4) is 0 Å². The van der Waals surface area contributed by atoms with E-state index in [9.17, 15) is 0 Å². The molecule has 0 saturated carbocycles. The molecule has 0 bridgehead atoms. The van der Waals surface area contributed by atoms with E-state index in [1.54, 1.807) is 4.88 Å². The molecule has 22 heavy (non-hydrogen) atoms. The average Bonchev–Trinajstić information content (AvgIpc) is 2.90. The quantitative estimate of drug-likeness (QED) is 0.908. The van der Waals surface area contributed by atoms with Crippen LogP contribution in [0.15, 0.2) is 35.7 Å². The van der Waals surface area contributed by atoms with Crippen LogP contribution in [0.3, 0.4) is 0 Å². The van der Waals surface area contributed by atoms with E-state index >= 15 is 0 Å². The van der Waals surface area contributed by atoms with E-state index in [2.05, 4.69) is 45.9 Å². The van der Waals surface area contributed by atoms with Gasteiger partial charge in [-0.25, -0.2) is 0 Å². The Hall–Kier alpha value is -1.20. The second-order valence-electron chi connectivity index (χ2n) is 6.23. The van der Waals surface area contributed by atoms with E-state index in [1.165, 1.54) is 23.1 Å². The Bertz CT molecular complexity index is 648. The van der Waals surface area contributed by atoms with Crippen molar-refractivity contribution >= 4 is 11.3 Å². The summed E-state index contributed by atoms with van der Waals surface area (Å²) in [4.78, 5) is 4.12. The minimum atomic E-state index is 0.220. The molecule has 1 fully saturated rings. The Balaban J connectivity index is 1.62. The van der Waals surface area contributed by atoms with Gasteiger partial charge < -0.3 is 10.4 Å². The largest absolute Gasteiger partial charge is 0.395 e. The predicted molar refractivity (Wildman–Crippen MR) is 90.5 cm³/mol. The van der Waals surface area contributed by atoms with Crippen molar-refractivity contribution in [2.75, 3.05) is 26.2 Å². The molecule has 1 aliphatic carbocycles. The Morgan fingerprint density at radius 1 is 1.14 bits per heavy atom. The minimum Gasteiger partial charge on any atom is -0.395 e. The summed E-state index contributed by atoms with van der Waals surface area (Å²) in [6, 6.07) is 12.2. The van der Waals surface area contributed by atoms with Gasteiger partial charge in [0.05, 0.1) is 12.6 Å². The van der Waals surface area contributed by atoms with Gasteiger partial charge in [-0.15, -0.1) is 11.3 Å². The highest BCUT2D eigenvalue weighted by atomic mass is 32.1. The van der Waals surface area contributed by atoms with Crippen LogP contribution in [0.25, 0.3) is 0 Å². The first-order chi connectivity index (χ1) is 10.9. The molecule has 1 atom stereocenters. The number of nitrogens with zero attached hydrogens (tertiary/aromatic N) is 1. The number of aryl methyl sites for hydroxylation is 2. The maximum Gasteiger partial charge on any atom is 0.0616 e. The zero-order valence-electron chi connectivity index (χ0n) is 12.7. The van der Waals surface area contributed by atoms with Gasteiger partial charge in [-0.05, 0) is 41.0 Å². The molecular formula is C18H22N2OS. The number of fused-ring (bicyclic) bond motifs is 2. The Labute approximate surface area is 135 Å². The second-order valence-corrected chi connectivity index (χ2v) is 7.23. The van der Waals surface area contributed by atoms with Gasteiger partial charge in [0.1, 0.15) is 0 Å². The van der Waals surface area contributed by atoms with E-state index in [4.69, 9.17) is 5.11 Å². The Morgan fingerprint density at radius 2 is 2.00 bits per heavy atom. The van der Waals surface area contributed by atoms with Gasteiger partial charge in [-0.3, -0.25) is 4.90 Å². The number of likely N-dealkylation sites (tertiary alicyclic amines) is 1. The number of aliphatic hydroxyl groups is 1. The molecule has 0 radical (unpaired) electrons. The van der Waals surface area contributed by atoms with Crippen LogP contribution in [-0.2, 0) is 12.8 Å².